The fraction of sp³-hybridized carbons (Fsp3) is 0.308. The number of rotatable bonds is 4. The summed E-state index contributed by atoms with van der Waals surface area (Å²) in [6, 6.07) is 1.19. The summed E-state index contributed by atoms with van der Waals surface area (Å²) in [5.74, 6) is -1.20. The summed E-state index contributed by atoms with van der Waals surface area (Å²) in [5, 5.41) is 12.0. The highest BCUT2D eigenvalue weighted by molar-refractivity contribution is 7.09. The molecule has 2 heterocycles. The van der Waals surface area contributed by atoms with Crippen molar-refractivity contribution in [1.82, 2.24) is 9.55 Å². The maximum Gasteiger partial charge on any atom is 0.352 e. The predicted octanol–water partition coefficient (Wildman–Crippen LogP) is 2.76. The van der Waals surface area contributed by atoms with E-state index in [9.17, 15) is 14.7 Å². The number of carbonyl (C=O) groups excluding carboxylic acids is 1. The van der Waals surface area contributed by atoms with Gasteiger partial charge in [-0.25, -0.2) is 9.78 Å². The zero-order valence-electron chi connectivity index (χ0n) is 10.9. The van der Waals surface area contributed by atoms with Crippen LogP contribution in [0.3, 0.4) is 0 Å². The van der Waals surface area contributed by atoms with Crippen molar-refractivity contribution in [3.05, 3.63) is 39.6 Å². The monoisotopic (exact) mass is 278 g/mol. The van der Waals surface area contributed by atoms with Crippen molar-refractivity contribution in [3.63, 3.8) is 0 Å². The molecular formula is C13H14N2O3S. The SMILES string of the molecule is CC(=O)c1cc(C(=O)O)n(C(C)c2nc(C)cs2)c1. The number of hydrogen-bond acceptors (Lipinski definition) is 4. The molecule has 0 bridgehead atoms. The van der Waals surface area contributed by atoms with Gasteiger partial charge in [-0.1, -0.05) is 0 Å². The van der Waals surface area contributed by atoms with E-state index in [2.05, 4.69) is 4.98 Å². The minimum Gasteiger partial charge on any atom is -0.477 e. The molecule has 5 nitrogen and oxygen atoms in total. The van der Waals surface area contributed by atoms with Gasteiger partial charge in [-0.05, 0) is 26.8 Å². The molecule has 0 amide bonds. The number of aromatic nitrogens is 2. The van der Waals surface area contributed by atoms with E-state index in [1.807, 2.05) is 19.2 Å². The van der Waals surface area contributed by atoms with E-state index in [1.54, 1.807) is 10.8 Å². The van der Waals surface area contributed by atoms with Crippen LogP contribution < -0.4 is 0 Å². The summed E-state index contributed by atoms with van der Waals surface area (Å²) >= 11 is 1.48. The lowest BCUT2D eigenvalue weighted by Crippen LogP contribution is -2.12. The van der Waals surface area contributed by atoms with E-state index >= 15 is 0 Å². The van der Waals surface area contributed by atoms with E-state index in [1.165, 1.54) is 24.3 Å². The van der Waals surface area contributed by atoms with E-state index in [4.69, 9.17) is 0 Å². The van der Waals surface area contributed by atoms with Gasteiger partial charge in [-0.2, -0.15) is 0 Å². The second-order valence-corrected chi connectivity index (χ2v) is 5.28. The summed E-state index contributed by atoms with van der Waals surface area (Å²) in [6.07, 6.45) is 1.58. The molecule has 0 aliphatic carbocycles. The molecule has 0 saturated carbocycles. The third-order valence-corrected chi connectivity index (χ3v) is 4.02. The maximum absolute atomic E-state index is 11.4. The number of Topliss-reactive ketones (excluding diaryl/α,β-unsaturated/α-hetero) is 1. The van der Waals surface area contributed by atoms with Crippen LogP contribution in [0, 0.1) is 6.92 Å². The van der Waals surface area contributed by atoms with Crippen LogP contribution in [0.1, 0.15) is 51.4 Å². The van der Waals surface area contributed by atoms with Gasteiger partial charge in [0.05, 0.1) is 6.04 Å². The van der Waals surface area contributed by atoms with Gasteiger partial charge in [-0.3, -0.25) is 4.79 Å². The molecule has 0 spiro atoms. The zero-order chi connectivity index (χ0) is 14.2. The van der Waals surface area contributed by atoms with Gasteiger partial charge in [0.1, 0.15) is 10.7 Å². The third-order valence-electron chi connectivity index (χ3n) is 2.89. The standard InChI is InChI=1S/C13H14N2O3S/c1-7-6-19-12(14-7)8(2)15-5-10(9(3)16)4-11(15)13(17)18/h4-6,8H,1-3H3,(H,17,18). The van der Waals surface area contributed by atoms with Crippen molar-refractivity contribution in [3.8, 4) is 0 Å². The van der Waals surface area contributed by atoms with Crippen LogP contribution in [0.25, 0.3) is 0 Å². The largest absolute Gasteiger partial charge is 0.477 e. The Morgan fingerprint density at radius 1 is 1.47 bits per heavy atom. The van der Waals surface area contributed by atoms with Crippen LogP contribution in [0.15, 0.2) is 17.6 Å². The second kappa shape index (κ2) is 4.97. The molecule has 19 heavy (non-hydrogen) atoms. The number of carboxylic acids is 1. The average Bonchev–Trinajstić information content (AvgIpc) is 2.93. The zero-order valence-corrected chi connectivity index (χ0v) is 11.7. The lowest BCUT2D eigenvalue weighted by atomic mass is 10.2. The average molecular weight is 278 g/mol. The molecule has 0 radical (unpaired) electrons. The first kappa shape index (κ1) is 13.5. The number of carbonyl (C=O) groups is 2. The molecule has 0 fully saturated rings. The maximum atomic E-state index is 11.4. The first-order valence-corrected chi connectivity index (χ1v) is 6.66. The molecule has 2 rings (SSSR count). The number of aromatic carboxylic acids is 1. The van der Waals surface area contributed by atoms with Crippen LogP contribution in [0.4, 0.5) is 0 Å². The Kier molecular flexibility index (Phi) is 3.53. The summed E-state index contributed by atoms with van der Waals surface area (Å²) in [6.45, 7) is 5.18. The highest BCUT2D eigenvalue weighted by Gasteiger charge is 2.20. The molecule has 0 saturated heterocycles. The van der Waals surface area contributed by atoms with Crippen LogP contribution >= 0.6 is 11.3 Å². The smallest absolute Gasteiger partial charge is 0.352 e. The van der Waals surface area contributed by atoms with Crippen molar-refractivity contribution < 1.29 is 14.7 Å². The topological polar surface area (TPSA) is 72.2 Å². The lowest BCUT2D eigenvalue weighted by molar-refractivity contribution is 0.0684. The number of nitrogens with zero attached hydrogens (tertiary/aromatic N) is 2. The summed E-state index contributed by atoms with van der Waals surface area (Å²) in [7, 11) is 0. The summed E-state index contributed by atoms with van der Waals surface area (Å²) < 4.78 is 1.58. The second-order valence-electron chi connectivity index (χ2n) is 4.39. The molecule has 6 heteroatoms. The van der Waals surface area contributed by atoms with Crippen LogP contribution in [0.5, 0.6) is 0 Å². The minimum absolute atomic E-state index is 0.102. The van der Waals surface area contributed by atoms with Gasteiger partial charge in [-0.15, -0.1) is 11.3 Å². The number of ketones is 1. The van der Waals surface area contributed by atoms with Crippen molar-refractivity contribution >= 4 is 23.1 Å². The van der Waals surface area contributed by atoms with Gasteiger partial charge >= 0.3 is 5.97 Å². The lowest BCUT2D eigenvalue weighted by Gasteiger charge is -2.13. The molecule has 1 N–H and O–H groups in total. The molecule has 2 aromatic rings. The van der Waals surface area contributed by atoms with Gasteiger partial charge < -0.3 is 9.67 Å². The van der Waals surface area contributed by atoms with Crippen LogP contribution in [-0.2, 0) is 0 Å². The number of thiazole rings is 1. The minimum atomic E-state index is -1.05. The van der Waals surface area contributed by atoms with E-state index < -0.39 is 5.97 Å². The highest BCUT2D eigenvalue weighted by atomic mass is 32.1. The van der Waals surface area contributed by atoms with Crippen molar-refractivity contribution in [2.75, 3.05) is 0 Å². The Balaban J connectivity index is 2.48. The summed E-state index contributed by atoms with van der Waals surface area (Å²) in [5.41, 5.74) is 1.41. The molecular weight excluding hydrogens is 264 g/mol. The molecule has 0 aliphatic rings. The Hall–Kier alpha value is -1.95. The van der Waals surface area contributed by atoms with Crippen LogP contribution in [0.2, 0.25) is 0 Å². The Bertz CT molecular complexity index is 642. The Labute approximate surface area is 114 Å². The van der Waals surface area contributed by atoms with Gasteiger partial charge in [0.2, 0.25) is 0 Å². The predicted molar refractivity (Wildman–Crippen MR) is 72.1 cm³/mol. The van der Waals surface area contributed by atoms with E-state index in [-0.39, 0.29) is 17.5 Å². The number of aryl methyl sites for hydroxylation is 1. The van der Waals surface area contributed by atoms with Crippen molar-refractivity contribution in [2.45, 2.75) is 26.8 Å². The van der Waals surface area contributed by atoms with Gasteiger partial charge in [0.15, 0.2) is 5.78 Å². The van der Waals surface area contributed by atoms with Gasteiger partial charge in [0, 0.05) is 22.8 Å². The third kappa shape index (κ3) is 2.58. The fourth-order valence-electron chi connectivity index (χ4n) is 1.85. The normalized spacial score (nSPS) is 12.4. The number of hydrogen-bond donors (Lipinski definition) is 1. The highest BCUT2D eigenvalue weighted by Crippen LogP contribution is 2.25. The Morgan fingerprint density at radius 3 is 2.63 bits per heavy atom. The quantitative estimate of drug-likeness (QED) is 0.873. The first-order valence-electron chi connectivity index (χ1n) is 5.78. The molecule has 0 aromatic carbocycles. The molecule has 0 aliphatic heterocycles. The molecule has 2 aromatic heterocycles. The van der Waals surface area contributed by atoms with E-state index in [0.717, 1.165) is 10.7 Å². The van der Waals surface area contributed by atoms with Crippen LogP contribution in [-0.4, -0.2) is 26.4 Å². The molecule has 100 valence electrons. The van der Waals surface area contributed by atoms with Gasteiger partial charge in [0.25, 0.3) is 0 Å². The first-order chi connectivity index (χ1) is 8.90. The van der Waals surface area contributed by atoms with Crippen molar-refractivity contribution in [1.29, 1.82) is 0 Å². The molecule has 1 unspecified atom stereocenters. The summed E-state index contributed by atoms with van der Waals surface area (Å²) in [4.78, 5) is 27.0. The number of carboxylic acid groups (broad SMARTS) is 1. The van der Waals surface area contributed by atoms with E-state index in [0.29, 0.717) is 5.56 Å². The fourth-order valence-corrected chi connectivity index (χ4v) is 2.70. The molecule has 1 atom stereocenters. The van der Waals surface area contributed by atoms with Crippen molar-refractivity contribution in [2.24, 2.45) is 0 Å². The Morgan fingerprint density at radius 2 is 2.16 bits per heavy atom.